The molecule has 1 N–H and O–H groups in total. The van der Waals surface area contributed by atoms with Crippen molar-refractivity contribution in [3.63, 3.8) is 0 Å². The molecule has 0 bridgehead atoms. The van der Waals surface area contributed by atoms with E-state index in [0.717, 1.165) is 10.0 Å². The van der Waals surface area contributed by atoms with Crippen LogP contribution in [0.4, 0.5) is 5.13 Å². The summed E-state index contributed by atoms with van der Waals surface area (Å²) in [6.45, 7) is 1.90. The van der Waals surface area contributed by atoms with Crippen LogP contribution in [0.1, 0.15) is 5.56 Å². The van der Waals surface area contributed by atoms with Crippen LogP contribution in [0, 0.1) is 6.92 Å². The Morgan fingerprint density at radius 2 is 2.39 bits per heavy atom. The van der Waals surface area contributed by atoms with Crippen molar-refractivity contribution >= 4 is 38.3 Å². The number of hydrogen-bond acceptors (Lipinski definition) is 4. The van der Waals surface area contributed by atoms with Crippen LogP contribution in [-0.4, -0.2) is 17.5 Å². The van der Waals surface area contributed by atoms with Crippen molar-refractivity contribution in [3.8, 4) is 5.75 Å². The van der Waals surface area contributed by atoms with Crippen LogP contribution in [0.25, 0.3) is 0 Å². The average molecular weight is 327 g/mol. The Kier molecular flexibility index (Phi) is 4.33. The molecule has 1 heterocycles. The van der Waals surface area contributed by atoms with Crippen LogP contribution in [0.2, 0.25) is 0 Å². The topological polar surface area (TPSA) is 51.2 Å². The molecule has 2 aromatic rings. The van der Waals surface area contributed by atoms with Gasteiger partial charge in [-0.3, -0.25) is 10.1 Å². The first-order valence-corrected chi connectivity index (χ1v) is 6.91. The van der Waals surface area contributed by atoms with E-state index in [2.05, 4.69) is 26.2 Å². The van der Waals surface area contributed by atoms with E-state index in [1.54, 1.807) is 11.6 Å². The molecule has 18 heavy (non-hydrogen) atoms. The predicted octanol–water partition coefficient (Wildman–Crippen LogP) is 3.23. The SMILES string of the molecule is Cc1cc(Br)ccc1OCC(=O)Nc1nccs1. The number of aryl methyl sites for hydroxylation is 1. The Hall–Kier alpha value is -1.40. The molecule has 94 valence electrons. The lowest BCUT2D eigenvalue weighted by Crippen LogP contribution is -2.20. The number of thiazole rings is 1. The fraction of sp³-hybridized carbons (Fsp3) is 0.167. The summed E-state index contributed by atoms with van der Waals surface area (Å²) in [5.41, 5.74) is 0.978. The van der Waals surface area contributed by atoms with E-state index in [9.17, 15) is 4.79 Å². The molecular weight excluding hydrogens is 316 g/mol. The summed E-state index contributed by atoms with van der Waals surface area (Å²) in [6.07, 6.45) is 1.64. The number of rotatable bonds is 4. The zero-order chi connectivity index (χ0) is 13.0. The third kappa shape index (κ3) is 3.54. The molecule has 2 rings (SSSR count). The van der Waals surface area contributed by atoms with Gasteiger partial charge in [0.05, 0.1) is 0 Å². The van der Waals surface area contributed by atoms with Gasteiger partial charge in [-0.15, -0.1) is 11.3 Å². The minimum Gasteiger partial charge on any atom is -0.483 e. The highest BCUT2D eigenvalue weighted by Gasteiger charge is 2.06. The lowest BCUT2D eigenvalue weighted by molar-refractivity contribution is -0.118. The zero-order valence-corrected chi connectivity index (χ0v) is 12.0. The average Bonchev–Trinajstić information content (AvgIpc) is 2.80. The van der Waals surface area contributed by atoms with E-state index in [-0.39, 0.29) is 12.5 Å². The third-order valence-electron chi connectivity index (χ3n) is 2.17. The molecule has 4 nitrogen and oxygen atoms in total. The second kappa shape index (κ2) is 5.97. The number of nitrogens with zero attached hydrogens (tertiary/aromatic N) is 1. The number of halogens is 1. The first-order valence-electron chi connectivity index (χ1n) is 5.23. The van der Waals surface area contributed by atoms with Crippen LogP contribution in [-0.2, 0) is 4.79 Å². The Labute approximate surface area is 117 Å². The molecule has 0 unspecified atom stereocenters. The van der Waals surface area contributed by atoms with Crippen molar-refractivity contribution in [3.05, 3.63) is 39.8 Å². The van der Waals surface area contributed by atoms with Crippen LogP contribution >= 0.6 is 27.3 Å². The largest absolute Gasteiger partial charge is 0.483 e. The van der Waals surface area contributed by atoms with E-state index in [0.29, 0.717) is 10.9 Å². The normalized spacial score (nSPS) is 10.1. The lowest BCUT2D eigenvalue weighted by atomic mass is 10.2. The first-order chi connectivity index (χ1) is 8.65. The number of nitrogens with one attached hydrogen (secondary N) is 1. The maximum atomic E-state index is 11.6. The van der Waals surface area contributed by atoms with Gasteiger partial charge >= 0.3 is 0 Å². The summed E-state index contributed by atoms with van der Waals surface area (Å²) in [5, 5.41) is 5.04. The Balaban J connectivity index is 1.89. The highest BCUT2D eigenvalue weighted by atomic mass is 79.9. The van der Waals surface area contributed by atoms with Crippen molar-refractivity contribution in [2.24, 2.45) is 0 Å². The highest BCUT2D eigenvalue weighted by molar-refractivity contribution is 9.10. The van der Waals surface area contributed by atoms with Gasteiger partial charge in [-0.1, -0.05) is 15.9 Å². The van der Waals surface area contributed by atoms with E-state index in [4.69, 9.17) is 4.74 Å². The number of carbonyl (C=O) groups excluding carboxylic acids is 1. The molecule has 1 aromatic carbocycles. The number of aromatic nitrogens is 1. The Morgan fingerprint density at radius 3 is 3.06 bits per heavy atom. The van der Waals surface area contributed by atoms with Gasteiger partial charge in [-0.05, 0) is 30.7 Å². The third-order valence-corrected chi connectivity index (χ3v) is 3.36. The molecule has 0 saturated carbocycles. The van der Waals surface area contributed by atoms with Gasteiger partial charge in [0.25, 0.3) is 5.91 Å². The summed E-state index contributed by atoms with van der Waals surface area (Å²) in [5.74, 6) is 0.486. The van der Waals surface area contributed by atoms with E-state index >= 15 is 0 Å². The number of anilines is 1. The molecule has 0 aliphatic rings. The molecule has 0 spiro atoms. The van der Waals surface area contributed by atoms with Gasteiger partial charge < -0.3 is 4.74 Å². The fourth-order valence-electron chi connectivity index (χ4n) is 1.36. The minimum absolute atomic E-state index is 0.0257. The van der Waals surface area contributed by atoms with Gasteiger partial charge in [0, 0.05) is 16.0 Å². The van der Waals surface area contributed by atoms with Crippen LogP contribution in [0.5, 0.6) is 5.75 Å². The molecule has 6 heteroatoms. The van der Waals surface area contributed by atoms with Gasteiger partial charge in [0.2, 0.25) is 0 Å². The van der Waals surface area contributed by atoms with E-state index < -0.39 is 0 Å². The zero-order valence-electron chi connectivity index (χ0n) is 9.64. The number of carbonyl (C=O) groups is 1. The lowest BCUT2D eigenvalue weighted by Gasteiger charge is -2.08. The molecule has 0 atom stereocenters. The van der Waals surface area contributed by atoms with Crippen LogP contribution < -0.4 is 10.1 Å². The summed E-state index contributed by atoms with van der Waals surface area (Å²) in [4.78, 5) is 15.5. The summed E-state index contributed by atoms with van der Waals surface area (Å²) < 4.78 is 6.43. The second-order valence-electron chi connectivity index (χ2n) is 3.58. The van der Waals surface area contributed by atoms with Crippen molar-refractivity contribution < 1.29 is 9.53 Å². The standard InChI is InChI=1S/C12H11BrN2O2S/c1-8-6-9(13)2-3-10(8)17-7-11(16)15-12-14-4-5-18-12/h2-6H,7H2,1H3,(H,14,15,16). The summed E-state index contributed by atoms with van der Waals surface area (Å²) in [6, 6.07) is 5.64. The summed E-state index contributed by atoms with van der Waals surface area (Å²) in [7, 11) is 0. The summed E-state index contributed by atoms with van der Waals surface area (Å²) >= 11 is 4.75. The number of amides is 1. The second-order valence-corrected chi connectivity index (χ2v) is 5.39. The molecule has 0 aliphatic heterocycles. The van der Waals surface area contributed by atoms with E-state index in [1.807, 2.05) is 25.1 Å². The molecule has 1 aromatic heterocycles. The highest BCUT2D eigenvalue weighted by Crippen LogP contribution is 2.22. The molecular formula is C12H11BrN2O2S. The van der Waals surface area contributed by atoms with Gasteiger partial charge in [0.15, 0.2) is 11.7 Å². The fourth-order valence-corrected chi connectivity index (χ4v) is 2.38. The van der Waals surface area contributed by atoms with Crippen molar-refractivity contribution in [2.75, 3.05) is 11.9 Å². The molecule has 0 fully saturated rings. The number of ether oxygens (including phenoxy) is 1. The monoisotopic (exact) mass is 326 g/mol. The van der Waals surface area contributed by atoms with Gasteiger partial charge in [0.1, 0.15) is 5.75 Å². The van der Waals surface area contributed by atoms with E-state index in [1.165, 1.54) is 11.3 Å². The van der Waals surface area contributed by atoms with Gasteiger partial charge in [-0.25, -0.2) is 4.98 Å². The molecule has 0 aliphatic carbocycles. The van der Waals surface area contributed by atoms with Crippen molar-refractivity contribution in [2.45, 2.75) is 6.92 Å². The molecule has 1 amide bonds. The van der Waals surface area contributed by atoms with Gasteiger partial charge in [-0.2, -0.15) is 0 Å². The predicted molar refractivity (Wildman–Crippen MR) is 75.1 cm³/mol. The van der Waals surface area contributed by atoms with Crippen molar-refractivity contribution in [1.82, 2.24) is 4.98 Å². The minimum atomic E-state index is -0.215. The van der Waals surface area contributed by atoms with Crippen LogP contribution in [0.3, 0.4) is 0 Å². The Bertz CT molecular complexity index is 543. The van der Waals surface area contributed by atoms with Crippen molar-refractivity contribution in [1.29, 1.82) is 0 Å². The first kappa shape index (κ1) is 13.0. The maximum absolute atomic E-state index is 11.6. The molecule has 0 radical (unpaired) electrons. The number of benzene rings is 1. The quantitative estimate of drug-likeness (QED) is 0.938. The van der Waals surface area contributed by atoms with Crippen LogP contribution in [0.15, 0.2) is 34.2 Å². The smallest absolute Gasteiger partial charge is 0.264 e. The Morgan fingerprint density at radius 1 is 1.56 bits per heavy atom. The number of hydrogen-bond donors (Lipinski definition) is 1. The maximum Gasteiger partial charge on any atom is 0.264 e. The molecule has 0 saturated heterocycles.